The van der Waals surface area contributed by atoms with Crippen molar-refractivity contribution in [2.24, 2.45) is 23.7 Å². The molecule has 0 aromatic carbocycles. The normalized spacial score (nSPS) is 24.2. The fraction of sp³-hybridized carbons (Fsp3) is 0.630. The van der Waals surface area contributed by atoms with Crippen LogP contribution in [0.15, 0.2) is 47.6 Å². The molecule has 35 heavy (non-hydrogen) atoms. The molecule has 4 rings (SSSR count). The number of halogens is 3. The van der Waals surface area contributed by atoms with Crippen LogP contribution in [-0.2, 0) is 43.4 Å². The number of hydrogen-bond donors (Lipinski definition) is 0. The second-order valence-electron chi connectivity index (χ2n) is 8.39. The predicted molar refractivity (Wildman–Crippen MR) is 123 cm³/mol. The van der Waals surface area contributed by atoms with Crippen LogP contribution in [0.1, 0.15) is 66.2 Å². The molecular weight excluding hydrogens is 574 g/mol. The van der Waals surface area contributed by atoms with Crippen LogP contribution >= 0.6 is 0 Å². The molecule has 8 heteroatoms. The molecule has 3 nitrogen and oxygen atoms in total. The zero-order chi connectivity index (χ0) is 23.1. The van der Waals surface area contributed by atoms with Crippen LogP contribution in [0, 0.1) is 35.5 Å². The summed E-state index contributed by atoms with van der Waals surface area (Å²) in [5.41, 5.74) is 3.27. The minimum absolute atomic E-state index is 0. The summed E-state index contributed by atoms with van der Waals surface area (Å²) in [6.45, 7) is 9.36. The van der Waals surface area contributed by atoms with Crippen molar-refractivity contribution in [2.75, 3.05) is 21.3 Å². The molecule has 0 radical (unpaired) electrons. The Kier molecular flexibility index (Phi) is 41.1. The van der Waals surface area contributed by atoms with Crippen molar-refractivity contribution in [3.05, 3.63) is 59.4 Å². The summed E-state index contributed by atoms with van der Waals surface area (Å²) in [5, 5.41) is 24.8. The van der Waals surface area contributed by atoms with E-state index < -0.39 is 0 Å². The molecule has 2 saturated carbocycles. The third kappa shape index (κ3) is 15.8. The maximum Gasteiger partial charge on any atom is 4.00 e. The first-order chi connectivity index (χ1) is 14.6. The molecule has 0 N–H and O–H groups in total. The Hall–Kier alpha value is 0.879. The molecular formula is C27H43Cl3O3Ti2. The predicted octanol–water partition coefficient (Wildman–Crippen LogP) is -5.04. The van der Waals surface area contributed by atoms with Gasteiger partial charge in [-0.15, -0.1) is 38.2 Å². The van der Waals surface area contributed by atoms with E-state index in [0.29, 0.717) is 0 Å². The Morgan fingerprint density at radius 2 is 0.914 bits per heavy atom. The third-order valence-electron chi connectivity index (χ3n) is 6.53. The molecule has 0 aromatic rings. The average molecular weight is 618 g/mol. The second-order valence-corrected chi connectivity index (χ2v) is 8.39. The Morgan fingerprint density at radius 3 is 1.20 bits per heavy atom. The molecule has 0 aliphatic heterocycles. The van der Waals surface area contributed by atoms with Crippen molar-refractivity contribution >= 4 is 0 Å². The van der Waals surface area contributed by atoms with Gasteiger partial charge in [0.05, 0.1) is 0 Å². The van der Waals surface area contributed by atoms with E-state index >= 15 is 0 Å². The van der Waals surface area contributed by atoms with Crippen LogP contribution in [0.4, 0.5) is 0 Å². The summed E-state index contributed by atoms with van der Waals surface area (Å²) < 4.78 is 0. The molecule has 0 saturated heterocycles. The third-order valence-corrected chi connectivity index (χ3v) is 6.53. The average Bonchev–Trinajstić information content (AvgIpc) is 3.07. The summed E-state index contributed by atoms with van der Waals surface area (Å²) in [5.74, 6) is 6.74. The number of fused-ring (bicyclic) bond motifs is 2. The first kappa shape index (κ1) is 48.9. The van der Waals surface area contributed by atoms with Crippen LogP contribution in [0.2, 0.25) is 0 Å². The van der Waals surface area contributed by atoms with Gasteiger partial charge in [0.1, 0.15) is 0 Å². The van der Waals surface area contributed by atoms with Crippen LogP contribution in [-0.4, -0.2) is 21.3 Å². The van der Waals surface area contributed by atoms with Crippen molar-refractivity contribution in [2.45, 2.75) is 66.2 Å². The van der Waals surface area contributed by atoms with Crippen molar-refractivity contribution < 1.29 is 96.0 Å². The minimum Gasteiger partial charge on any atom is -1.00 e. The van der Waals surface area contributed by atoms with Gasteiger partial charge in [-0.25, -0.2) is 35.1 Å². The molecule has 0 heterocycles. The first-order valence-corrected chi connectivity index (χ1v) is 11.2. The van der Waals surface area contributed by atoms with E-state index in [1.807, 2.05) is 0 Å². The molecule has 2 fully saturated rings. The van der Waals surface area contributed by atoms with Gasteiger partial charge in [-0.3, -0.25) is 0 Å². The van der Waals surface area contributed by atoms with E-state index in [2.05, 4.69) is 64.2 Å². The van der Waals surface area contributed by atoms with Gasteiger partial charge in [0.15, 0.2) is 0 Å². The topological polar surface area (TPSA) is 69.2 Å². The summed E-state index contributed by atoms with van der Waals surface area (Å²) in [4.78, 5) is 0. The van der Waals surface area contributed by atoms with Gasteiger partial charge >= 0.3 is 43.4 Å². The van der Waals surface area contributed by atoms with Crippen LogP contribution in [0.25, 0.3) is 0 Å². The molecule has 4 atom stereocenters. The van der Waals surface area contributed by atoms with Gasteiger partial charge in [-0.2, -0.15) is 21.3 Å². The maximum atomic E-state index is 8.25. The zero-order valence-electron chi connectivity index (χ0n) is 22.4. The van der Waals surface area contributed by atoms with Crippen molar-refractivity contribution in [3.63, 3.8) is 0 Å². The monoisotopic (exact) mass is 616 g/mol. The van der Waals surface area contributed by atoms with Gasteiger partial charge in [-0.1, -0.05) is 38.5 Å². The van der Waals surface area contributed by atoms with Crippen molar-refractivity contribution in [3.8, 4) is 0 Å². The van der Waals surface area contributed by atoms with E-state index in [0.717, 1.165) is 45.0 Å². The molecule has 0 bridgehead atoms. The molecule has 0 amide bonds. The standard InChI is InChI=1S/2C12H17.3CH3O.3ClH.2Ti/c2*1-9-8-10(2)12-7-5-3-4-6-11(9)12;3*1-2;;;;;/h2*3-4,6,10,12H,5,7-8H2,1-2H3;3*1H3;3*1H;;/q5*-1;;;;2*+4/p-3. The van der Waals surface area contributed by atoms with E-state index in [1.165, 1.54) is 38.5 Å². The Labute approximate surface area is 264 Å². The summed E-state index contributed by atoms with van der Waals surface area (Å²) in [6, 6.07) is 0. The summed E-state index contributed by atoms with van der Waals surface area (Å²) >= 11 is 0. The van der Waals surface area contributed by atoms with E-state index in [4.69, 9.17) is 15.3 Å². The molecule has 0 spiro atoms. The SMILES string of the molecule is C[C-]1CC(C)C2CCC=CC=C12.C[C-]1CC(C)C2CCC=CC=C12.C[O-].C[O-].C[O-].[Cl-].[Cl-].[Cl-].[Ti+4].[Ti+4]. The molecule has 0 aromatic heterocycles. The number of rotatable bonds is 0. The summed E-state index contributed by atoms with van der Waals surface area (Å²) in [6.07, 6.45) is 21.6. The quantitative estimate of drug-likeness (QED) is 0.202. The number of allylic oxidation sites excluding steroid dienone is 8. The van der Waals surface area contributed by atoms with Crippen LogP contribution in [0.5, 0.6) is 0 Å². The van der Waals surface area contributed by atoms with E-state index in [9.17, 15) is 0 Å². The van der Waals surface area contributed by atoms with E-state index in [-0.39, 0.29) is 80.7 Å². The van der Waals surface area contributed by atoms with Crippen molar-refractivity contribution in [1.29, 1.82) is 0 Å². The van der Waals surface area contributed by atoms with Gasteiger partial charge in [0.25, 0.3) is 0 Å². The first-order valence-electron chi connectivity index (χ1n) is 11.2. The summed E-state index contributed by atoms with van der Waals surface area (Å²) in [7, 11) is 2.25. The minimum atomic E-state index is 0. The molecule has 4 aliphatic carbocycles. The largest absolute Gasteiger partial charge is 4.00 e. The fourth-order valence-electron chi connectivity index (χ4n) is 5.23. The fourth-order valence-corrected chi connectivity index (χ4v) is 5.23. The Balaban J connectivity index is -0.0000000885. The van der Waals surface area contributed by atoms with Gasteiger partial charge < -0.3 is 52.5 Å². The molecule has 4 unspecified atom stereocenters. The van der Waals surface area contributed by atoms with Gasteiger partial charge in [-0.05, 0) is 37.5 Å². The molecule has 198 valence electrons. The van der Waals surface area contributed by atoms with Crippen LogP contribution in [0.3, 0.4) is 0 Å². The second kappa shape index (κ2) is 29.4. The van der Waals surface area contributed by atoms with Crippen LogP contribution < -0.4 is 52.5 Å². The van der Waals surface area contributed by atoms with E-state index in [1.54, 1.807) is 23.0 Å². The molecule has 4 aliphatic rings. The van der Waals surface area contributed by atoms with Crippen molar-refractivity contribution in [1.82, 2.24) is 0 Å². The smallest absolute Gasteiger partial charge is 1.00 e. The zero-order valence-corrected chi connectivity index (χ0v) is 27.8. The Morgan fingerprint density at radius 1 is 0.629 bits per heavy atom. The van der Waals surface area contributed by atoms with Gasteiger partial charge in [0.2, 0.25) is 0 Å². The van der Waals surface area contributed by atoms with Gasteiger partial charge in [0, 0.05) is 0 Å². The maximum absolute atomic E-state index is 8.25. The Bertz CT molecular complexity index is 534. The number of hydrogen-bond acceptors (Lipinski definition) is 3.